The summed E-state index contributed by atoms with van der Waals surface area (Å²) >= 11 is 0. The Morgan fingerprint density at radius 3 is 2.72 bits per heavy atom. The number of amides is 1. The van der Waals surface area contributed by atoms with E-state index < -0.39 is 5.97 Å². The van der Waals surface area contributed by atoms with Crippen LogP contribution in [0.5, 0.6) is 0 Å². The minimum Gasteiger partial charge on any atom is -0.478 e. The van der Waals surface area contributed by atoms with Gasteiger partial charge in [0, 0.05) is 20.1 Å². The molecule has 1 rings (SSSR count). The molecule has 1 aromatic carbocycles. The standard InChI is InChI=1S/C13H17NO4/c1-9-5-3-6-10(13(16)17)12(9)14-11(15)7-4-8-18-2/h3,5-6H,4,7-8H2,1-2H3,(H,14,15)(H,16,17). The van der Waals surface area contributed by atoms with Crippen molar-refractivity contribution in [3.8, 4) is 0 Å². The van der Waals surface area contributed by atoms with E-state index in [2.05, 4.69) is 5.32 Å². The Bertz CT molecular complexity index is 443. The Morgan fingerprint density at radius 2 is 2.11 bits per heavy atom. The van der Waals surface area contributed by atoms with Gasteiger partial charge in [-0.05, 0) is 25.0 Å². The summed E-state index contributed by atoms with van der Waals surface area (Å²) in [5.41, 5.74) is 1.21. The van der Waals surface area contributed by atoms with Crippen molar-refractivity contribution in [1.29, 1.82) is 0 Å². The second kappa shape index (κ2) is 6.76. The third-order valence-corrected chi connectivity index (χ3v) is 2.52. The number of aryl methyl sites for hydroxylation is 1. The van der Waals surface area contributed by atoms with Crippen LogP contribution in [0.15, 0.2) is 18.2 Å². The van der Waals surface area contributed by atoms with Crippen molar-refractivity contribution in [2.24, 2.45) is 0 Å². The van der Waals surface area contributed by atoms with Gasteiger partial charge in [-0.3, -0.25) is 4.79 Å². The Hall–Kier alpha value is -1.88. The first-order valence-electron chi connectivity index (χ1n) is 5.68. The zero-order valence-electron chi connectivity index (χ0n) is 10.5. The number of para-hydroxylation sites is 1. The molecule has 5 heteroatoms. The van der Waals surface area contributed by atoms with Crippen LogP contribution in [0.2, 0.25) is 0 Å². The number of aromatic carboxylic acids is 1. The molecule has 2 N–H and O–H groups in total. The van der Waals surface area contributed by atoms with Gasteiger partial charge in [0.1, 0.15) is 0 Å². The lowest BCUT2D eigenvalue weighted by Crippen LogP contribution is -2.16. The van der Waals surface area contributed by atoms with Gasteiger partial charge in [0.25, 0.3) is 0 Å². The van der Waals surface area contributed by atoms with Gasteiger partial charge >= 0.3 is 5.97 Å². The minimum atomic E-state index is -1.05. The van der Waals surface area contributed by atoms with Crippen molar-refractivity contribution in [2.45, 2.75) is 19.8 Å². The van der Waals surface area contributed by atoms with Gasteiger partial charge in [-0.25, -0.2) is 4.79 Å². The van der Waals surface area contributed by atoms with E-state index in [1.165, 1.54) is 6.07 Å². The van der Waals surface area contributed by atoms with Crippen molar-refractivity contribution in [3.63, 3.8) is 0 Å². The lowest BCUT2D eigenvalue weighted by Gasteiger charge is -2.11. The number of hydrogen-bond donors (Lipinski definition) is 2. The van der Waals surface area contributed by atoms with E-state index in [1.807, 2.05) is 0 Å². The third kappa shape index (κ3) is 3.85. The number of carbonyl (C=O) groups excluding carboxylic acids is 1. The molecular weight excluding hydrogens is 234 g/mol. The largest absolute Gasteiger partial charge is 0.478 e. The highest BCUT2D eigenvalue weighted by Crippen LogP contribution is 2.20. The van der Waals surface area contributed by atoms with Crippen LogP contribution in [0.25, 0.3) is 0 Å². The Kier molecular flexibility index (Phi) is 5.32. The molecule has 0 radical (unpaired) electrons. The second-order valence-corrected chi connectivity index (χ2v) is 3.95. The van der Waals surface area contributed by atoms with Gasteiger partial charge in [-0.1, -0.05) is 12.1 Å². The zero-order valence-corrected chi connectivity index (χ0v) is 10.5. The molecule has 0 spiro atoms. The Morgan fingerprint density at radius 1 is 1.39 bits per heavy atom. The number of carboxylic acid groups (broad SMARTS) is 1. The summed E-state index contributed by atoms with van der Waals surface area (Å²) in [6.45, 7) is 2.27. The summed E-state index contributed by atoms with van der Waals surface area (Å²) in [4.78, 5) is 22.7. The molecular formula is C13H17NO4. The number of methoxy groups -OCH3 is 1. The number of carbonyl (C=O) groups is 2. The molecule has 0 bridgehead atoms. The lowest BCUT2D eigenvalue weighted by atomic mass is 10.1. The fourth-order valence-electron chi connectivity index (χ4n) is 1.59. The van der Waals surface area contributed by atoms with Crippen LogP contribution in [0.1, 0.15) is 28.8 Å². The average Bonchev–Trinajstić information content (AvgIpc) is 2.31. The summed E-state index contributed by atoms with van der Waals surface area (Å²) < 4.78 is 4.85. The van der Waals surface area contributed by atoms with Gasteiger partial charge in [0.15, 0.2) is 0 Å². The number of carboxylic acids is 1. The first-order chi connectivity index (χ1) is 8.56. The van der Waals surface area contributed by atoms with Gasteiger partial charge in [0.2, 0.25) is 5.91 Å². The second-order valence-electron chi connectivity index (χ2n) is 3.95. The minimum absolute atomic E-state index is 0.107. The molecule has 1 aromatic rings. The fraction of sp³-hybridized carbons (Fsp3) is 0.385. The van der Waals surface area contributed by atoms with Crippen LogP contribution in [0.4, 0.5) is 5.69 Å². The van der Waals surface area contributed by atoms with E-state index in [0.29, 0.717) is 25.1 Å². The maximum Gasteiger partial charge on any atom is 0.337 e. The quantitative estimate of drug-likeness (QED) is 0.759. The fourth-order valence-corrected chi connectivity index (χ4v) is 1.59. The average molecular weight is 251 g/mol. The van der Waals surface area contributed by atoms with Gasteiger partial charge in [-0.15, -0.1) is 0 Å². The molecule has 0 aliphatic carbocycles. The third-order valence-electron chi connectivity index (χ3n) is 2.52. The molecule has 0 saturated heterocycles. The molecule has 98 valence electrons. The summed E-state index contributed by atoms with van der Waals surface area (Å²) in [5, 5.41) is 11.7. The van der Waals surface area contributed by atoms with Gasteiger partial charge in [0.05, 0.1) is 11.3 Å². The normalized spacial score (nSPS) is 10.1. The lowest BCUT2D eigenvalue weighted by molar-refractivity contribution is -0.116. The van der Waals surface area contributed by atoms with E-state index in [-0.39, 0.29) is 11.5 Å². The van der Waals surface area contributed by atoms with E-state index in [1.54, 1.807) is 26.2 Å². The topological polar surface area (TPSA) is 75.6 Å². The van der Waals surface area contributed by atoms with Crippen molar-refractivity contribution >= 4 is 17.6 Å². The monoisotopic (exact) mass is 251 g/mol. The number of ether oxygens (including phenoxy) is 1. The molecule has 0 unspecified atom stereocenters. The zero-order chi connectivity index (χ0) is 13.5. The number of hydrogen-bond acceptors (Lipinski definition) is 3. The Balaban J connectivity index is 2.77. The predicted octanol–water partition coefficient (Wildman–Crippen LogP) is 2.06. The SMILES string of the molecule is COCCCC(=O)Nc1c(C)cccc1C(=O)O. The molecule has 0 heterocycles. The van der Waals surface area contributed by atoms with Crippen molar-refractivity contribution in [3.05, 3.63) is 29.3 Å². The van der Waals surface area contributed by atoms with Gasteiger partial charge < -0.3 is 15.2 Å². The van der Waals surface area contributed by atoms with Gasteiger partial charge in [-0.2, -0.15) is 0 Å². The van der Waals surface area contributed by atoms with Crippen LogP contribution < -0.4 is 5.32 Å². The number of benzene rings is 1. The van der Waals surface area contributed by atoms with E-state index in [0.717, 1.165) is 5.56 Å². The van der Waals surface area contributed by atoms with E-state index >= 15 is 0 Å². The van der Waals surface area contributed by atoms with Crippen LogP contribution >= 0.6 is 0 Å². The number of anilines is 1. The molecule has 0 atom stereocenters. The molecule has 0 aliphatic rings. The van der Waals surface area contributed by atoms with Crippen LogP contribution in [-0.2, 0) is 9.53 Å². The number of rotatable bonds is 6. The molecule has 0 saturated carbocycles. The first kappa shape index (κ1) is 14.2. The summed E-state index contributed by atoms with van der Waals surface area (Å²) in [5.74, 6) is -1.25. The van der Waals surface area contributed by atoms with E-state index in [9.17, 15) is 9.59 Å². The van der Waals surface area contributed by atoms with Crippen molar-refractivity contribution in [2.75, 3.05) is 19.0 Å². The predicted molar refractivity (Wildman–Crippen MR) is 67.9 cm³/mol. The molecule has 0 fully saturated rings. The highest BCUT2D eigenvalue weighted by Gasteiger charge is 2.14. The molecule has 0 aromatic heterocycles. The van der Waals surface area contributed by atoms with Crippen LogP contribution in [-0.4, -0.2) is 30.7 Å². The Labute approximate surface area is 106 Å². The van der Waals surface area contributed by atoms with Crippen LogP contribution in [0.3, 0.4) is 0 Å². The highest BCUT2D eigenvalue weighted by atomic mass is 16.5. The molecule has 1 amide bonds. The highest BCUT2D eigenvalue weighted by molar-refractivity contribution is 6.01. The molecule has 5 nitrogen and oxygen atoms in total. The molecule has 0 aliphatic heterocycles. The van der Waals surface area contributed by atoms with E-state index in [4.69, 9.17) is 9.84 Å². The maximum atomic E-state index is 11.7. The number of nitrogens with one attached hydrogen (secondary N) is 1. The summed E-state index contributed by atoms with van der Waals surface area (Å²) in [6.07, 6.45) is 0.915. The summed E-state index contributed by atoms with van der Waals surface area (Å²) in [6, 6.07) is 4.89. The van der Waals surface area contributed by atoms with Crippen molar-refractivity contribution in [1.82, 2.24) is 0 Å². The summed E-state index contributed by atoms with van der Waals surface area (Å²) in [7, 11) is 1.57. The first-order valence-corrected chi connectivity index (χ1v) is 5.68. The van der Waals surface area contributed by atoms with Crippen LogP contribution in [0, 0.1) is 6.92 Å². The smallest absolute Gasteiger partial charge is 0.337 e. The van der Waals surface area contributed by atoms with Crippen molar-refractivity contribution < 1.29 is 19.4 Å². The maximum absolute atomic E-state index is 11.7. The molecule has 18 heavy (non-hydrogen) atoms.